The maximum absolute atomic E-state index is 4.04. The summed E-state index contributed by atoms with van der Waals surface area (Å²) in [4.78, 5) is 0. The number of nitrogens with zero attached hydrogens (tertiary/aromatic N) is 2. The molecule has 0 aromatic carbocycles. The van der Waals surface area contributed by atoms with E-state index in [2.05, 4.69) is 14.9 Å². The molecular formula is C12H22ClN3S. The fourth-order valence-electron chi connectivity index (χ4n) is 2.41. The van der Waals surface area contributed by atoms with Crippen LogP contribution in [0.2, 0.25) is 0 Å². The van der Waals surface area contributed by atoms with Gasteiger partial charge in [0.05, 0.1) is 5.69 Å². The Morgan fingerprint density at radius 1 is 1.18 bits per heavy atom. The van der Waals surface area contributed by atoms with Crippen molar-refractivity contribution >= 4 is 23.9 Å². The molecule has 0 amide bonds. The highest BCUT2D eigenvalue weighted by molar-refractivity contribution is 7.03. The molecule has 0 atom stereocenters. The minimum absolute atomic E-state index is 0. The average Bonchev–Trinajstić information content (AvgIpc) is 2.73. The lowest BCUT2D eigenvalue weighted by molar-refractivity contribution is 0.360. The van der Waals surface area contributed by atoms with Gasteiger partial charge in [-0.1, -0.05) is 36.6 Å². The largest absolute Gasteiger partial charge is 0.311 e. The smallest absolute Gasteiger partial charge is 0.0893 e. The lowest BCUT2D eigenvalue weighted by Crippen LogP contribution is -2.23. The summed E-state index contributed by atoms with van der Waals surface area (Å²) >= 11 is 1.43. The van der Waals surface area contributed by atoms with Gasteiger partial charge in [-0.25, -0.2) is 0 Å². The molecule has 5 heteroatoms. The van der Waals surface area contributed by atoms with Crippen LogP contribution >= 0.6 is 23.9 Å². The van der Waals surface area contributed by atoms with Crippen LogP contribution in [-0.2, 0) is 6.54 Å². The van der Waals surface area contributed by atoms with E-state index in [1.807, 2.05) is 5.38 Å². The van der Waals surface area contributed by atoms with Gasteiger partial charge in [-0.3, -0.25) is 0 Å². The van der Waals surface area contributed by atoms with Crippen LogP contribution in [0.4, 0.5) is 0 Å². The van der Waals surface area contributed by atoms with Crippen molar-refractivity contribution < 1.29 is 0 Å². The van der Waals surface area contributed by atoms with Crippen molar-refractivity contribution in [1.29, 1.82) is 0 Å². The third-order valence-electron chi connectivity index (χ3n) is 3.37. The van der Waals surface area contributed by atoms with Gasteiger partial charge in [0.15, 0.2) is 0 Å². The first-order valence-corrected chi connectivity index (χ1v) is 7.25. The van der Waals surface area contributed by atoms with E-state index in [4.69, 9.17) is 0 Å². The van der Waals surface area contributed by atoms with Gasteiger partial charge in [0.25, 0.3) is 0 Å². The number of aromatic nitrogens is 2. The molecule has 0 bridgehead atoms. The quantitative estimate of drug-likeness (QED) is 0.915. The van der Waals surface area contributed by atoms with Crippen LogP contribution in [0.1, 0.15) is 50.6 Å². The van der Waals surface area contributed by atoms with Crippen LogP contribution in [0.25, 0.3) is 0 Å². The molecular weight excluding hydrogens is 254 g/mol. The monoisotopic (exact) mass is 275 g/mol. The SMILES string of the molecule is Cl.c1snnc1CNCC1CCCCCCC1. The molecule has 0 aliphatic heterocycles. The summed E-state index contributed by atoms with van der Waals surface area (Å²) in [6, 6.07) is 0. The van der Waals surface area contributed by atoms with Gasteiger partial charge in [0.1, 0.15) is 0 Å². The van der Waals surface area contributed by atoms with E-state index in [1.54, 1.807) is 0 Å². The molecule has 1 heterocycles. The number of nitrogens with one attached hydrogen (secondary N) is 1. The lowest BCUT2D eigenvalue weighted by atomic mass is 9.91. The number of halogens is 1. The van der Waals surface area contributed by atoms with Gasteiger partial charge >= 0.3 is 0 Å². The van der Waals surface area contributed by atoms with Crippen LogP contribution in [0.5, 0.6) is 0 Å². The highest BCUT2D eigenvalue weighted by Gasteiger charge is 2.10. The van der Waals surface area contributed by atoms with E-state index in [-0.39, 0.29) is 12.4 Å². The van der Waals surface area contributed by atoms with Gasteiger partial charge in [-0.15, -0.1) is 17.5 Å². The second-order valence-electron chi connectivity index (χ2n) is 4.74. The standard InChI is InChI=1S/C12H21N3S.ClH/c1-2-4-6-11(7-5-3-1)8-13-9-12-10-16-15-14-12;/h10-11,13H,1-9H2;1H. The molecule has 1 aromatic heterocycles. The molecule has 0 saturated heterocycles. The summed E-state index contributed by atoms with van der Waals surface area (Å²) in [5.41, 5.74) is 1.08. The Bertz CT molecular complexity index is 271. The van der Waals surface area contributed by atoms with E-state index in [0.717, 1.165) is 24.7 Å². The molecule has 0 spiro atoms. The molecule has 0 unspecified atom stereocenters. The molecule has 0 radical (unpaired) electrons. The zero-order valence-electron chi connectivity index (χ0n) is 10.2. The van der Waals surface area contributed by atoms with Crippen LogP contribution in [0.3, 0.4) is 0 Å². The zero-order chi connectivity index (χ0) is 11.1. The first kappa shape index (κ1) is 14.9. The zero-order valence-corrected chi connectivity index (χ0v) is 11.9. The second kappa shape index (κ2) is 8.84. The minimum Gasteiger partial charge on any atom is -0.311 e. The summed E-state index contributed by atoms with van der Waals surface area (Å²) in [6.07, 6.45) is 9.98. The summed E-state index contributed by atoms with van der Waals surface area (Å²) in [6.45, 7) is 2.03. The fraction of sp³-hybridized carbons (Fsp3) is 0.833. The third kappa shape index (κ3) is 5.80. The molecule has 1 aliphatic rings. The van der Waals surface area contributed by atoms with Gasteiger partial charge < -0.3 is 5.32 Å². The summed E-state index contributed by atoms with van der Waals surface area (Å²) < 4.78 is 3.87. The van der Waals surface area contributed by atoms with Crippen LogP contribution < -0.4 is 5.32 Å². The Kier molecular flexibility index (Phi) is 7.73. The Balaban J connectivity index is 0.00000144. The molecule has 2 rings (SSSR count). The lowest BCUT2D eigenvalue weighted by Gasteiger charge is -2.19. The minimum atomic E-state index is 0. The Hall–Kier alpha value is -0.190. The predicted molar refractivity (Wildman–Crippen MR) is 74.7 cm³/mol. The van der Waals surface area contributed by atoms with Gasteiger partial charge in [0.2, 0.25) is 0 Å². The first-order valence-electron chi connectivity index (χ1n) is 6.42. The van der Waals surface area contributed by atoms with E-state index in [9.17, 15) is 0 Å². The van der Waals surface area contributed by atoms with E-state index < -0.39 is 0 Å². The molecule has 98 valence electrons. The summed E-state index contributed by atoms with van der Waals surface area (Å²) in [5.74, 6) is 0.881. The van der Waals surface area contributed by atoms with Crippen molar-refractivity contribution in [3.63, 3.8) is 0 Å². The van der Waals surface area contributed by atoms with Crippen molar-refractivity contribution in [2.24, 2.45) is 5.92 Å². The molecule has 1 aliphatic carbocycles. The number of rotatable bonds is 4. The maximum atomic E-state index is 4.04. The third-order valence-corrected chi connectivity index (χ3v) is 3.92. The summed E-state index contributed by atoms with van der Waals surface area (Å²) in [7, 11) is 0. The topological polar surface area (TPSA) is 37.8 Å². The first-order chi connectivity index (χ1) is 7.95. The van der Waals surface area contributed by atoms with Crippen LogP contribution in [0.15, 0.2) is 5.38 Å². The van der Waals surface area contributed by atoms with Crippen LogP contribution in [0, 0.1) is 5.92 Å². The van der Waals surface area contributed by atoms with Crippen molar-refractivity contribution in [2.45, 2.75) is 51.5 Å². The summed E-state index contributed by atoms with van der Waals surface area (Å²) in [5, 5.41) is 9.57. The van der Waals surface area contributed by atoms with Crippen molar-refractivity contribution in [3.8, 4) is 0 Å². The van der Waals surface area contributed by atoms with Crippen molar-refractivity contribution in [2.75, 3.05) is 6.54 Å². The molecule has 1 N–H and O–H groups in total. The van der Waals surface area contributed by atoms with Gasteiger partial charge in [-0.05, 0) is 36.8 Å². The normalized spacial score (nSPS) is 18.1. The van der Waals surface area contributed by atoms with E-state index in [1.165, 1.54) is 56.5 Å². The van der Waals surface area contributed by atoms with E-state index >= 15 is 0 Å². The molecule has 3 nitrogen and oxygen atoms in total. The maximum Gasteiger partial charge on any atom is 0.0893 e. The predicted octanol–water partition coefficient (Wildman–Crippen LogP) is 3.41. The Labute approximate surface area is 114 Å². The molecule has 1 aromatic rings. The van der Waals surface area contributed by atoms with Gasteiger partial charge in [0, 0.05) is 11.9 Å². The Morgan fingerprint density at radius 3 is 2.53 bits per heavy atom. The fourth-order valence-corrected chi connectivity index (χ4v) is 2.86. The highest BCUT2D eigenvalue weighted by Crippen LogP contribution is 2.21. The Morgan fingerprint density at radius 2 is 1.88 bits per heavy atom. The average molecular weight is 276 g/mol. The van der Waals surface area contributed by atoms with Crippen molar-refractivity contribution in [3.05, 3.63) is 11.1 Å². The molecule has 1 saturated carbocycles. The van der Waals surface area contributed by atoms with Gasteiger partial charge in [-0.2, -0.15) is 0 Å². The number of hydrogen-bond donors (Lipinski definition) is 1. The van der Waals surface area contributed by atoms with Crippen molar-refractivity contribution in [1.82, 2.24) is 14.9 Å². The molecule has 1 fully saturated rings. The second-order valence-corrected chi connectivity index (χ2v) is 5.35. The van der Waals surface area contributed by atoms with E-state index in [0.29, 0.717) is 0 Å². The molecule has 17 heavy (non-hydrogen) atoms. The highest BCUT2D eigenvalue weighted by atomic mass is 35.5. The number of hydrogen-bond acceptors (Lipinski definition) is 4. The van der Waals surface area contributed by atoms with Crippen LogP contribution in [-0.4, -0.2) is 16.1 Å².